The predicted octanol–water partition coefficient (Wildman–Crippen LogP) is 4.03. The van der Waals surface area contributed by atoms with Crippen molar-refractivity contribution in [3.63, 3.8) is 0 Å². The maximum atomic E-state index is 12.9. The van der Waals surface area contributed by atoms with Gasteiger partial charge in [0.1, 0.15) is 5.00 Å². The molecule has 1 aliphatic heterocycles. The number of anilines is 2. The zero-order chi connectivity index (χ0) is 23.5. The number of nitrogens with zero attached hydrogens (tertiary/aromatic N) is 4. The number of nitrogens with two attached hydrogens (primary N) is 1. The molecule has 0 spiro atoms. The predicted molar refractivity (Wildman–Crippen MR) is 136 cm³/mol. The van der Waals surface area contributed by atoms with Crippen molar-refractivity contribution in [3.8, 4) is 5.69 Å². The summed E-state index contributed by atoms with van der Waals surface area (Å²) in [7, 11) is 0. The topological polar surface area (TPSA) is 106 Å². The van der Waals surface area contributed by atoms with Gasteiger partial charge in [0.2, 0.25) is 11.9 Å². The van der Waals surface area contributed by atoms with Crippen LogP contribution in [0.4, 0.5) is 10.9 Å². The van der Waals surface area contributed by atoms with Crippen molar-refractivity contribution in [2.45, 2.75) is 50.1 Å². The molecule has 0 bridgehead atoms. The number of carbonyl (C=O) groups excluding carboxylic acids is 2. The lowest BCUT2D eigenvalue weighted by Gasteiger charge is -2.27. The van der Waals surface area contributed by atoms with Crippen molar-refractivity contribution in [1.82, 2.24) is 14.8 Å². The smallest absolute Gasteiger partial charge is 0.251 e. The minimum atomic E-state index is -0.475. The second-order valence-electron chi connectivity index (χ2n) is 8.62. The standard InChI is InChI=1S/C24H28N6O2S2/c25-21(32)20-17-11-5-6-12-18(17)34-22(20)26-19(31)15-33-24-28-27-23(29-13-7-2-8-14-29)30(24)16-9-3-1-4-10-16/h1,3-4,9-10H,2,5-8,11-15H2,(H2,25,32)(H,26,31). The van der Waals surface area contributed by atoms with Crippen LogP contribution in [0.1, 0.15) is 52.9 Å². The number of hydrogen-bond donors (Lipinski definition) is 2. The van der Waals surface area contributed by atoms with Crippen molar-refractivity contribution in [2.24, 2.45) is 5.73 Å². The van der Waals surface area contributed by atoms with Crippen LogP contribution in [0.3, 0.4) is 0 Å². The first-order chi connectivity index (χ1) is 16.6. The zero-order valence-electron chi connectivity index (χ0n) is 19.0. The Labute approximate surface area is 206 Å². The van der Waals surface area contributed by atoms with Gasteiger partial charge >= 0.3 is 0 Å². The van der Waals surface area contributed by atoms with Crippen LogP contribution in [0.5, 0.6) is 0 Å². The molecule has 178 valence electrons. The van der Waals surface area contributed by atoms with E-state index >= 15 is 0 Å². The summed E-state index contributed by atoms with van der Waals surface area (Å²) in [4.78, 5) is 28.4. The molecule has 1 aromatic carbocycles. The van der Waals surface area contributed by atoms with E-state index in [-0.39, 0.29) is 11.7 Å². The third-order valence-electron chi connectivity index (χ3n) is 6.27. The lowest BCUT2D eigenvalue weighted by Crippen LogP contribution is -2.31. The molecule has 1 saturated heterocycles. The zero-order valence-corrected chi connectivity index (χ0v) is 20.6. The summed E-state index contributed by atoms with van der Waals surface area (Å²) in [5.41, 5.74) is 8.14. The van der Waals surface area contributed by atoms with Crippen LogP contribution in [0, 0.1) is 0 Å². The molecule has 34 heavy (non-hydrogen) atoms. The van der Waals surface area contributed by atoms with Crippen LogP contribution in [-0.2, 0) is 17.6 Å². The molecule has 0 radical (unpaired) electrons. The summed E-state index contributed by atoms with van der Waals surface area (Å²) in [6.45, 7) is 1.91. The number of aryl methyl sites for hydroxylation is 1. The second kappa shape index (κ2) is 10.2. The van der Waals surface area contributed by atoms with E-state index in [0.29, 0.717) is 15.7 Å². The highest BCUT2D eigenvalue weighted by Gasteiger charge is 2.26. The van der Waals surface area contributed by atoms with E-state index in [1.54, 1.807) is 0 Å². The molecule has 3 aromatic rings. The average molecular weight is 497 g/mol. The Hall–Kier alpha value is -2.85. The molecule has 1 fully saturated rings. The Balaban J connectivity index is 1.34. The van der Waals surface area contributed by atoms with Gasteiger partial charge in [0.05, 0.1) is 17.0 Å². The van der Waals surface area contributed by atoms with Gasteiger partial charge in [0, 0.05) is 18.0 Å². The molecule has 3 N–H and O–H groups in total. The van der Waals surface area contributed by atoms with Gasteiger partial charge in [-0.05, 0) is 62.6 Å². The SMILES string of the molecule is NC(=O)c1c(NC(=O)CSc2nnc(N3CCCCC3)n2-c2ccccc2)sc2c1CCCC2. The molecule has 0 unspecified atom stereocenters. The molecule has 0 saturated carbocycles. The number of aromatic nitrogens is 3. The molecule has 8 nitrogen and oxygen atoms in total. The van der Waals surface area contributed by atoms with E-state index in [4.69, 9.17) is 5.73 Å². The number of hydrogen-bond acceptors (Lipinski definition) is 7. The number of nitrogens with one attached hydrogen (secondary N) is 1. The van der Waals surface area contributed by atoms with Gasteiger partial charge in [-0.25, -0.2) is 0 Å². The fourth-order valence-electron chi connectivity index (χ4n) is 4.66. The number of thioether (sulfide) groups is 1. The van der Waals surface area contributed by atoms with Gasteiger partial charge in [-0.15, -0.1) is 21.5 Å². The molecular formula is C24H28N6O2S2. The van der Waals surface area contributed by atoms with Crippen molar-refractivity contribution in [1.29, 1.82) is 0 Å². The summed E-state index contributed by atoms with van der Waals surface area (Å²) >= 11 is 2.82. The van der Waals surface area contributed by atoms with E-state index in [0.717, 1.165) is 73.7 Å². The first-order valence-electron chi connectivity index (χ1n) is 11.7. The average Bonchev–Trinajstić information content (AvgIpc) is 3.45. The van der Waals surface area contributed by atoms with Crippen molar-refractivity contribution in [2.75, 3.05) is 29.1 Å². The van der Waals surface area contributed by atoms with Crippen LogP contribution in [0.15, 0.2) is 35.5 Å². The molecular weight excluding hydrogens is 468 g/mol. The Morgan fingerprint density at radius 2 is 1.79 bits per heavy atom. The highest BCUT2D eigenvalue weighted by Crippen LogP contribution is 2.38. The summed E-state index contributed by atoms with van der Waals surface area (Å²) in [5, 5.41) is 13.1. The molecule has 10 heteroatoms. The van der Waals surface area contributed by atoms with E-state index in [1.165, 1.54) is 29.5 Å². The number of carbonyl (C=O) groups is 2. The van der Waals surface area contributed by atoms with Gasteiger partial charge in [-0.3, -0.25) is 14.2 Å². The van der Waals surface area contributed by atoms with E-state index in [2.05, 4.69) is 20.4 Å². The Kier molecular flexibility index (Phi) is 6.87. The first-order valence-corrected chi connectivity index (χ1v) is 13.5. The highest BCUT2D eigenvalue weighted by atomic mass is 32.2. The molecule has 2 amide bonds. The van der Waals surface area contributed by atoms with Crippen molar-refractivity contribution >= 4 is 45.9 Å². The molecule has 0 atom stereocenters. The third kappa shape index (κ3) is 4.69. The lowest BCUT2D eigenvalue weighted by atomic mass is 9.95. The number of primary amides is 1. The van der Waals surface area contributed by atoms with Crippen LogP contribution in [-0.4, -0.2) is 45.4 Å². The molecule has 2 aromatic heterocycles. The fourth-order valence-corrected chi connectivity index (χ4v) is 6.72. The minimum Gasteiger partial charge on any atom is -0.365 e. The maximum absolute atomic E-state index is 12.9. The van der Waals surface area contributed by atoms with Crippen LogP contribution in [0.2, 0.25) is 0 Å². The van der Waals surface area contributed by atoms with Crippen LogP contribution in [0.25, 0.3) is 5.69 Å². The Morgan fingerprint density at radius 1 is 1.03 bits per heavy atom. The number of para-hydroxylation sites is 1. The Morgan fingerprint density at radius 3 is 2.56 bits per heavy atom. The molecule has 2 aliphatic rings. The van der Waals surface area contributed by atoms with E-state index in [9.17, 15) is 9.59 Å². The fraction of sp³-hybridized carbons (Fsp3) is 0.417. The largest absolute Gasteiger partial charge is 0.365 e. The normalized spacial score (nSPS) is 15.7. The Bertz CT molecular complexity index is 1180. The van der Waals surface area contributed by atoms with Crippen molar-refractivity contribution in [3.05, 3.63) is 46.3 Å². The van der Waals surface area contributed by atoms with Gasteiger partial charge in [0.25, 0.3) is 5.91 Å². The van der Waals surface area contributed by atoms with E-state index < -0.39 is 5.91 Å². The molecule has 3 heterocycles. The second-order valence-corrected chi connectivity index (χ2v) is 10.7. The lowest BCUT2D eigenvalue weighted by molar-refractivity contribution is -0.113. The first kappa shape index (κ1) is 22.9. The van der Waals surface area contributed by atoms with Crippen LogP contribution < -0.4 is 16.0 Å². The number of thiophene rings is 1. The summed E-state index contributed by atoms with van der Waals surface area (Å²) in [6, 6.07) is 10.00. The molecule has 1 aliphatic carbocycles. The quantitative estimate of drug-likeness (QED) is 0.479. The minimum absolute atomic E-state index is 0.158. The highest BCUT2D eigenvalue weighted by molar-refractivity contribution is 7.99. The maximum Gasteiger partial charge on any atom is 0.251 e. The number of piperidine rings is 1. The van der Waals surface area contributed by atoms with Gasteiger partial charge in [-0.1, -0.05) is 30.0 Å². The summed E-state index contributed by atoms with van der Waals surface area (Å²) < 4.78 is 2.03. The number of fused-ring (bicyclic) bond motifs is 1. The van der Waals surface area contributed by atoms with Gasteiger partial charge in [0.15, 0.2) is 5.16 Å². The molecule has 5 rings (SSSR count). The summed E-state index contributed by atoms with van der Waals surface area (Å²) in [5.74, 6) is 0.312. The van der Waals surface area contributed by atoms with Crippen LogP contribution >= 0.6 is 23.1 Å². The third-order valence-corrected chi connectivity index (χ3v) is 8.41. The van der Waals surface area contributed by atoms with E-state index in [1.807, 2.05) is 34.9 Å². The summed E-state index contributed by atoms with van der Waals surface area (Å²) in [6.07, 6.45) is 7.43. The van der Waals surface area contributed by atoms with Crippen molar-refractivity contribution < 1.29 is 9.59 Å². The number of amides is 2. The van der Waals surface area contributed by atoms with Gasteiger partial charge in [-0.2, -0.15) is 0 Å². The number of rotatable bonds is 7. The van der Waals surface area contributed by atoms with Gasteiger partial charge < -0.3 is 16.0 Å². The monoisotopic (exact) mass is 496 g/mol. The number of benzene rings is 1.